The van der Waals surface area contributed by atoms with Crippen LogP contribution in [-0.4, -0.2) is 13.6 Å². The number of benzene rings is 2. The van der Waals surface area contributed by atoms with E-state index in [2.05, 4.69) is 38.1 Å². The van der Waals surface area contributed by atoms with E-state index in [9.17, 15) is 0 Å². The van der Waals surface area contributed by atoms with Crippen molar-refractivity contribution in [2.75, 3.05) is 13.6 Å². The minimum absolute atomic E-state index is 0.310. The Morgan fingerprint density at radius 2 is 1.46 bits per heavy atom. The highest BCUT2D eigenvalue weighted by molar-refractivity contribution is 5.55. The fourth-order valence-electron chi connectivity index (χ4n) is 4.20. The number of ether oxygens (including phenoxy) is 4. The van der Waals surface area contributed by atoms with Crippen LogP contribution in [0.4, 0.5) is 0 Å². The summed E-state index contributed by atoms with van der Waals surface area (Å²) in [5.41, 5.74) is 4.00. The van der Waals surface area contributed by atoms with Gasteiger partial charge in [-0.05, 0) is 59.2 Å². The maximum atomic E-state index is 5.62. The Kier molecular flexibility index (Phi) is 2.96. The molecule has 2 aliphatic heterocycles. The van der Waals surface area contributed by atoms with Crippen molar-refractivity contribution in [2.24, 2.45) is 11.8 Å². The highest BCUT2D eigenvalue weighted by Crippen LogP contribution is 2.49. The van der Waals surface area contributed by atoms with Crippen molar-refractivity contribution in [1.82, 2.24) is 0 Å². The molecule has 5 rings (SSSR count). The summed E-state index contributed by atoms with van der Waals surface area (Å²) in [5, 5.41) is 0. The van der Waals surface area contributed by atoms with Gasteiger partial charge < -0.3 is 18.9 Å². The summed E-state index contributed by atoms with van der Waals surface area (Å²) < 4.78 is 22.2. The van der Waals surface area contributed by atoms with E-state index in [1.165, 1.54) is 16.7 Å². The van der Waals surface area contributed by atoms with Gasteiger partial charge in [-0.1, -0.05) is 19.9 Å². The summed E-state index contributed by atoms with van der Waals surface area (Å²) in [6.07, 6.45) is 1.08. The van der Waals surface area contributed by atoms with Crippen LogP contribution >= 0.6 is 0 Å². The van der Waals surface area contributed by atoms with Gasteiger partial charge in [0.2, 0.25) is 13.6 Å². The molecule has 4 heteroatoms. The van der Waals surface area contributed by atoms with E-state index in [4.69, 9.17) is 18.9 Å². The third-order valence-electron chi connectivity index (χ3n) is 5.69. The fourth-order valence-corrected chi connectivity index (χ4v) is 4.20. The quantitative estimate of drug-likeness (QED) is 0.791. The van der Waals surface area contributed by atoms with Crippen LogP contribution < -0.4 is 18.9 Å². The van der Waals surface area contributed by atoms with Crippen LogP contribution in [0.3, 0.4) is 0 Å². The minimum atomic E-state index is 0.310. The molecule has 0 amide bonds. The molecule has 0 radical (unpaired) electrons. The Labute approximate surface area is 141 Å². The fraction of sp³-hybridized carbons (Fsp3) is 0.400. The smallest absolute Gasteiger partial charge is 0.231 e. The van der Waals surface area contributed by atoms with Gasteiger partial charge in [0.1, 0.15) is 0 Å². The van der Waals surface area contributed by atoms with Crippen molar-refractivity contribution >= 4 is 0 Å². The molecule has 124 valence electrons. The van der Waals surface area contributed by atoms with Crippen LogP contribution in [-0.2, 0) is 6.42 Å². The van der Waals surface area contributed by atoms with Gasteiger partial charge in [-0.2, -0.15) is 0 Å². The predicted octanol–water partition coefficient (Wildman–Crippen LogP) is 4.10. The molecular formula is C20H20O4. The monoisotopic (exact) mass is 324 g/mol. The van der Waals surface area contributed by atoms with Gasteiger partial charge >= 0.3 is 0 Å². The summed E-state index contributed by atoms with van der Waals surface area (Å²) in [7, 11) is 0. The predicted molar refractivity (Wildman–Crippen MR) is 89.0 cm³/mol. The Hall–Kier alpha value is -2.36. The van der Waals surface area contributed by atoms with E-state index >= 15 is 0 Å². The molecule has 2 aromatic rings. The lowest BCUT2D eigenvalue weighted by Crippen LogP contribution is -2.26. The molecule has 0 N–H and O–H groups in total. The van der Waals surface area contributed by atoms with Crippen molar-refractivity contribution in [3.63, 3.8) is 0 Å². The first-order valence-electron chi connectivity index (χ1n) is 8.52. The molecule has 0 fully saturated rings. The van der Waals surface area contributed by atoms with Crippen LogP contribution in [0.15, 0.2) is 30.3 Å². The van der Waals surface area contributed by atoms with Crippen molar-refractivity contribution in [2.45, 2.75) is 26.2 Å². The van der Waals surface area contributed by atoms with Gasteiger partial charge in [0.05, 0.1) is 0 Å². The van der Waals surface area contributed by atoms with E-state index < -0.39 is 0 Å². The van der Waals surface area contributed by atoms with Gasteiger partial charge in [-0.25, -0.2) is 0 Å². The molecule has 2 aromatic carbocycles. The normalized spacial score (nSPS) is 26.3. The summed E-state index contributed by atoms with van der Waals surface area (Å²) in [5.74, 6) is 4.89. The van der Waals surface area contributed by atoms with Crippen molar-refractivity contribution in [3.05, 3.63) is 47.0 Å². The van der Waals surface area contributed by atoms with Crippen LogP contribution in [0.5, 0.6) is 23.0 Å². The van der Waals surface area contributed by atoms with Gasteiger partial charge in [-0.3, -0.25) is 0 Å². The first-order valence-corrected chi connectivity index (χ1v) is 8.52. The molecular weight excluding hydrogens is 304 g/mol. The molecule has 0 saturated carbocycles. The molecule has 1 aliphatic carbocycles. The number of hydrogen-bond donors (Lipinski definition) is 0. The second-order valence-corrected chi connectivity index (χ2v) is 7.04. The molecule has 0 bridgehead atoms. The molecule has 0 saturated heterocycles. The van der Waals surface area contributed by atoms with Crippen molar-refractivity contribution in [3.8, 4) is 23.0 Å². The molecule has 0 aromatic heterocycles. The van der Waals surface area contributed by atoms with Crippen molar-refractivity contribution < 1.29 is 18.9 Å². The third kappa shape index (κ3) is 1.98. The van der Waals surface area contributed by atoms with Gasteiger partial charge in [0, 0.05) is 5.92 Å². The van der Waals surface area contributed by atoms with E-state index in [1.54, 1.807) is 0 Å². The highest BCUT2D eigenvalue weighted by Gasteiger charge is 2.35. The number of rotatable bonds is 1. The Morgan fingerprint density at radius 1 is 0.792 bits per heavy atom. The lowest BCUT2D eigenvalue weighted by atomic mass is 9.68. The Bertz CT molecular complexity index is 814. The highest BCUT2D eigenvalue weighted by atomic mass is 16.7. The zero-order chi connectivity index (χ0) is 16.3. The lowest BCUT2D eigenvalue weighted by molar-refractivity contribution is 0.173. The second kappa shape index (κ2) is 5.07. The first-order chi connectivity index (χ1) is 11.7. The zero-order valence-electron chi connectivity index (χ0n) is 13.9. The molecule has 3 atom stereocenters. The van der Waals surface area contributed by atoms with E-state index in [0.29, 0.717) is 31.3 Å². The zero-order valence-corrected chi connectivity index (χ0v) is 13.9. The SMILES string of the molecule is CC1Cc2cc3c(cc2C(c2ccc4c(c2)OCO4)C1C)OCO3. The van der Waals surface area contributed by atoms with Crippen molar-refractivity contribution in [1.29, 1.82) is 0 Å². The molecule has 3 aliphatic rings. The van der Waals surface area contributed by atoms with Gasteiger partial charge in [-0.15, -0.1) is 0 Å². The largest absolute Gasteiger partial charge is 0.454 e. The number of fused-ring (bicyclic) bond motifs is 3. The maximum Gasteiger partial charge on any atom is 0.231 e. The summed E-state index contributed by atoms with van der Waals surface area (Å²) in [6.45, 7) is 5.30. The van der Waals surface area contributed by atoms with Crippen LogP contribution in [0.25, 0.3) is 0 Å². The van der Waals surface area contributed by atoms with E-state index in [0.717, 1.165) is 29.4 Å². The average molecular weight is 324 g/mol. The van der Waals surface area contributed by atoms with Crippen LogP contribution in [0, 0.1) is 11.8 Å². The molecule has 4 nitrogen and oxygen atoms in total. The van der Waals surface area contributed by atoms with E-state index in [-0.39, 0.29) is 0 Å². The summed E-state index contributed by atoms with van der Waals surface area (Å²) in [4.78, 5) is 0. The average Bonchev–Trinajstić information content (AvgIpc) is 3.22. The van der Waals surface area contributed by atoms with Gasteiger partial charge in [0.15, 0.2) is 23.0 Å². The lowest BCUT2D eigenvalue weighted by Gasteiger charge is -2.36. The Morgan fingerprint density at radius 3 is 2.25 bits per heavy atom. The van der Waals surface area contributed by atoms with Gasteiger partial charge in [0.25, 0.3) is 0 Å². The molecule has 2 heterocycles. The Balaban J connectivity index is 1.65. The molecule has 0 spiro atoms. The molecule has 24 heavy (non-hydrogen) atoms. The van der Waals surface area contributed by atoms with Crippen LogP contribution in [0.2, 0.25) is 0 Å². The first kappa shape index (κ1) is 14.0. The van der Waals surface area contributed by atoms with E-state index in [1.807, 2.05) is 6.07 Å². The maximum absolute atomic E-state index is 5.62. The number of hydrogen-bond acceptors (Lipinski definition) is 4. The summed E-state index contributed by atoms with van der Waals surface area (Å²) >= 11 is 0. The minimum Gasteiger partial charge on any atom is -0.454 e. The third-order valence-corrected chi connectivity index (χ3v) is 5.69. The standard InChI is InChI=1S/C20H20O4/c1-11-5-14-7-18-19(24-10-23-18)8-15(14)20(12(11)2)13-3-4-16-17(6-13)22-9-21-16/h3-4,6-8,11-12,20H,5,9-10H2,1-2H3. The van der Waals surface area contributed by atoms with Crippen LogP contribution in [0.1, 0.15) is 36.5 Å². The summed E-state index contributed by atoms with van der Waals surface area (Å²) in [6, 6.07) is 10.7. The second-order valence-electron chi connectivity index (χ2n) is 7.04. The molecule has 3 unspecified atom stereocenters. The topological polar surface area (TPSA) is 36.9 Å².